The first-order valence-electron chi connectivity index (χ1n) is 5.92. The van der Waals surface area contributed by atoms with E-state index in [9.17, 15) is 4.39 Å². The average molecular weight is 274 g/mol. The molecule has 2 rings (SSSR count). The number of anilines is 1. The topological polar surface area (TPSA) is 29.3 Å². The summed E-state index contributed by atoms with van der Waals surface area (Å²) in [5, 5.41) is 0. The number of rotatable bonds is 4. The van der Waals surface area contributed by atoms with E-state index in [2.05, 4.69) is 0 Å². The Balaban J connectivity index is 2.22. The number of nitrogens with two attached hydrogens (primary N) is 1. The number of thiocarbonyl (C=S) groups is 1. The molecule has 0 fully saturated rings. The molecule has 0 saturated heterocycles. The monoisotopic (exact) mass is 274 g/mol. The molecule has 0 saturated carbocycles. The van der Waals surface area contributed by atoms with E-state index in [0.29, 0.717) is 11.5 Å². The van der Waals surface area contributed by atoms with Crippen LogP contribution in [0.1, 0.15) is 11.1 Å². The van der Waals surface area contributed by atoms with E-state index in [1.807, 2.05) is 36.2 Å². The molecule has 0 bridgehead atoms. The van der Waals surface area contributed by atoms with Gasteiger partial charge in [-0.25, -0.2) is 4.39 Å². The van der Waals surface area contributed by atoms with Gasteiger partial charge in [0, 0.05) is 24.8 Å². The molecule has 0 aliphatic carbocycles. The lowest BCUT2D eigenvalue weighted by Crippen LogP contribution is -2.21. The lowest BCUT2D eigenvalue weighted by molar-refractivity contribution is 0.627. The van der Waals surface area contributed by atoms with Gasteiger partial charge in [-0.15, -0.1) is 0 Å². The number of hydrogen-bond donors (Lipinski definition) is 1. The highest BCUT2D eigenvalue weighted by Crippen LogP contribution is 2.21. The molecule has 2 aromatic carbocycles. The average Bonchev–Trinajstić information content (AvgIpc) is 2.41. The largest absolute Gasteiger partial charge is 0.389 e. The smallest absolute Gasteiger partial charge is 0.123 e. The van der Waals surface area contributed by atoms with Gasteiger partial charge >= 0.3 is 0 Å². The molecule has 0 unspecified atom stereocenters. The first kappa shape index (κ1) is 13.5. The minimum absolute atomic E-state index is 0.227. The second-order valence-electron chi connectivity index (χ2n) is 4.36. The van der Waals surface area contributed by atoms with E-state index in [1.54, 1.807) is 12.1 Å². The summed E-state index contributed by atoms with van der Waals surface area (Å²) in [5.41, 5.74) is 8.57. The molecule has 0 heterocycles. The van der Waals surface area contributed by atoms with Crippen molar-refractivity contribution in [1.82, 2.24) is 0 Å². The van der Waals surface area contributed by atoms with Crippen LogP contribution in [0, 0.1) is 5.82 Å². The first-order valence-corrected chi connectivity index (χ1v) is 6.33. The van der Waals surface area contributed by atoms with Gasteiger partial charge in [-0.1, -0.05) is 36.5 Å². The van der Waals surface area contributed by atoms with E-state index >= 15 is 0 Å². The molecule has 0 aliphatic rings. The third-order valence-corrected chi connectivity index (χ3v) is 3.13. The summed E-state index contributed by atoms with van der Waals surface area (Å²) in [6, 6.07) is 14.2. The summed E-state index contributed by atoms with van der Waals surface area (Å²) in [6.07, 6.45) is 0. The summed E-state index contributed by atoms with van der Waals surface area (Å²) in [5.74, 6) is -0.227. The van der Waals surface area contributed by atoms with Crippen LogP contribution in [0.4, 0.5) is 10.1 Å². The minimum atomic E-state index is -0.227. The van der Waals surface area contributed by atoms with Crippen molar-refractivity contribution in [2.24, 2.45) is 5.73 Å². The highest BCUT2D eigenvalue weighted by atomic mass is 32.1. The van der Waals surface area contributed by atoms with E-state index in [-0.39, 0.29) is 5.82 Å². The zero-order chi connectivity index (χ0) is 13.8. The third kappa shape index (κ3) is 3.29. The molecule has 0 aromatic heterocycles. The van der Waals surface area contributed by atoms with Crippen LogP contribution >= 0.6 is 12.2 Å². The number of para-hydroxylation sites is 1. The Morgan fingerprint density at radius 1 is 1.16 bits per heavy atom. The second kappa shape index (κ2) is 5.80. The van der Waals surface area contributed by atoms with Gasteiger partial charge in [-0.3, -0.25) is 0 Å². The fourth-order valence-corrected chi connectivity index (χ4v) is 2.14. The zero-order valence-electron chi connectivity index (χ0n) is 10.6. The SMILES string of the molecule is CN(Cc1ccc(F)cc1)c1ccccc1C(N)=S. The lowest BCUT2D eigenvalue weighted by atomic mass is 10.1. The molecule has 0 atom stereocenters. The number of halogens is 1. The van der Waals surface area contributed by atoms with Gasteiger partial charge in [0.15, 0.2) is 0 Å². The second-order valence-corrected chi connectivity index (χ2v) is 4.80. The van der Waals surface area contributed by atoms with Crippen LogP contribution in [-0.4, -0.2) is 12.0 Å². The predicted molar refractivity (Wildman–Crippen MR) is 80.8 cm³/mol. The zero-order valence-corrected chi connectivity index (χ0v) is 11.5. The van der Waals surface area contributed by atoms with Crippen LogP contribution in [0.5, 0.6) is 0 Å². The van der Waals surface area contributed by atoms with Crippen molar-refractivity contribution in [2.45, 2.75) is 6.54 Å². The predicted octanol–water partition coefficient (Wildman–Crippen LogP) is 3.10. The van der Waals surface area contributed by atoms with E-state index in [1.165, 1.54) is 12.1 Å². The van der Waals surface area contributed by atoms with Gasteiger partial charge in [0.2, 0.25) is 0 Å². The maximum atomic E-state index is 12.9. The highest BCUT2D eigenvalue weighted by Gasteiger charge is 2.09. The maximum absolute atomic E-state index is 12.9. The van der Waals surface area contributed by atoms with Gasteiger partial charge in [-0.2, -0.15) is 0 Å². The van der Waals surface area contributed by atoms with Crippen molar-refractivity contribution < 1.29 is 4.39 Å². The number of hydrogen-bond acceptors (Lipinski definition) is 2. The van der Waals surface area contributed by atoms with Crippen LogP contribution < -0.4 is 10.6 Å². The van der Waals surface area contributed by atoms with Crippen molar-refractivity contribution in [2.75, 3.05) is 11.9 Å². The normalized spacial score (nSPS) is 10.2. The molecule has 2 nitrogen and oxygen atoms in total. The van der Waals surface area contributed by atoms with Crippen molar-refractivity contribution in [3.8, 4) is 0 Å². The van der Waals surface area contributed by atoms with Crippen molar-refractivity contribution in [1.29, 1.82) is 0 Å². The molecular weight excluding hydrogens is 259 g/mol. The summed E-state index contributed by atoms with van der Waals surface area (Å²) in [6.45, 7) is 0.667. The fraction of sp³-hybridized carbons (Fsp3) is 0.133. The molecular formula is C15H15FN2S. The van der Waals surface area contributed by atoms with Crippen molar-refractivity contribution >= 4 is 22.9 Å². The van der Waals surface area contributed by atoms with Crippen LogP contribution in [-0.2, 0) is 6.54 Å². The molecule has 19 heavy (non-hydrogen) atoms. The third-order valence-electron chi connectivity index (χ3n) is 2.91. The Hall–Kier alpha value is -1.94. The molecule has 2 N–H and O–H groups in total. The molecule has 4 heteroatoms. The fourth-order valence-electron chi connectivity index (χ4n) is 1.96. The maximum Gasteiger partial charge on any atom is 0.123 e. The van der Waals surface area contributed by atoms with Gasteiger partial charge < -0.3 is 10.6 Å². The number of nitrogens with zero attached hydrogens (tertiary/aromatic N) is 1. The van der Waals surface area contributed by atoms with E-state index in [0.717, 1.165) is 16.8 Å². The first-order chi connectivity index (χ1) is 9.08. The lowest BCUT2D eigenvalue weighted by Gasteiger charge is -2.22. The van der Waals surface area contributed by atoms with Gasteiger partial charge in [-0.05, 0) is 29.8 Å². The summed E-state index contributed by atoms with van der Waals surface area (Å²) < 4.78 is 12.9. The summed E-state index contributed by atoms with van der Waals surface area (Å²) in [7, 11) is 1.96. The molecule has 2 aromatic rings. The van der Waals surface area contributed by atoms with E-state index in [4.69, 9.17) is 18.0 Å². The Labute approximate surface area is 117 Å². The van der Waals surface area contributed by atoms with Gasteiger partial charge in [0.25, 0.3) is 0 Å². The van der Waals surface area contributed by atoms with Crippen LogP contribution in [0.25, 0.3) is 0 Å². The van der Waals surface area contributed by atoms with E-state index < -0.39 is 0 Å². The Kier molecular flexibility index (Phi) is 4.12. The van der Waals surface area contributed by atoms with Gasteiger partial charge in [0.05, 0.1) is 0 Å². The van der Waals surface area contributed by atoms with Crippen LogP contribution in [0.15, 0.2) is 48.5 Å². The molecule has 98 valence electrons. The Bertz CT molecular complexity index is 581. The molecule has 0 amide bonds. The summed E-state index contributed by atoms with van der Waals surface area (Å²) in [4.78, 5) is 2.42. The number of benzene rings is 2. The quantitative estimate of drug-likeness (QED) is 0.869. The Morgan fingerprint density at radius 2 is 1.79 bits per heavy atom. The standard InChI is InChI=1S/C15H15FN2S/c1-18(10-11-6-8-12(16)9-7-11)14-5-3-2-4-13(14)15(17)19/h2-9H,10H2,1H3,(H2,17,19). The molecule has 0 spiro atoms. The highest BCUT2D eigenvalue weighted by molar-refractivity contribution is 7.80. The molecule has 0 radical (unpaired) electrons. The van der Waals surface area contributed by atoms with Crippen molar-refractivity contribution in [3.05, 3.63) is 65.5 Å². The Morgan fingerprint density at radius 3 is 2.42 bits per heavy atom. The molecule has 0 aliphatic heterocycles. The van der Waals surface area contributed by atoms with Crippen LogP contribution in [0.3, 0.4) is 0 Å². The minimum Gasteiger partial charge on any atom is -0.389 e. The summed E-state index contributed by atoms with van der Waals surface area (Å²) >= 11 is 5.05. The van der Waals surface area contributed by atoms with Crippen LogP contribution in [0.2, 0.25) is 0 Å². The van der Waals surface area contributed by atoms with Crippen molar-refractivity contribution in [3.63, 3.8) is 0 Å². The van der Waals surface area contributed by atoms with Gasteiger partial charge in [0.1, 0.15) is 10.8 Å².